The molecule has 3 heteroatoms. The minimum atomic E-state index is -0.556. The number of carbonyl (C=O) groups excluding carboxylic acids is 1. The highest BCUT2D eigenvalue weighted by atomic mass is 16.5. The maximum Gasteiger partial charge on any atom is 0.323 e. The van der Waals surface area contributed by atoms with Gasteiger partial charge in [0, 0.05) is 0 Å². The van der Waals surface area contributed by atoms with Gasteiger partial charge < -0.3 is 10.5 Å². The lowest BCUT2D eigenvalue weighted by Gasteiger charge is -2.29. The highest BCUT2D eigenvalue weighted by molar-refractivity contribution is 5.76. The molecular weight excluding hydrogens is 250 g/mol. The fraction of sp³-hybridized carbons (Fsp3) is 0.588. The summed E-state index contributed by atoms with van der Waals surface area (Å²) in [5, 5.41) is 0. The molecule has 3 nitrogen and oxygen atoms in total. The number of esters is 1. The summed E-state index contributed by atoms with van der Waals surface area (Å²) in [5.41, 5.74) is 7.03. The lowest BCUT2D eigenvalue weighted by molar-refractivity contribution is -0.152. The third kappa shape index (κ3) is 4.34. The Morgan fingerprint density at radius 1 is 1.35 bits per heavy atom. The predicted octanol–water partition coefficient (Wildman–Crippen LogP) is 3.07. The van der Waals surface area contributed by atoms with Crippen molar-refractivity contribution in [3.8, 4) is 0 Å². The summed E-state index contributed by atoms with van der Waals surface area (Å²) in [4.78, 5) is 12.1. The van der Waals surface area contributed by atoms with Gasteiger partial charge in [-0.05, 0) is 37.2 Å². The summed E-state index contributed by atoms with van der Waals surface area (Å²) in [7, 11) is 0. The second-order valence-corrected chi connectivity index (χ2v) is 5.80. The van der Waals surface area contributed by atoms with Crippen molar-refractivity contribution in [2.24, 2.45) is 11.7 Å². The van der Waals surface area contributed by atoms with Crippen molar-refractivity contribution in [3.63, 3.8) is 0 Å². The Morgan fingerprint density at radius 2 is 2.10 bits per heavy atom. The fourth-order valence-electron chi connectivity index (χ4n) is 2.92. The second kappa shape index (κ2) is 7.44. The Balaban J connectivity index is 1.81. The van der Waals surface area contributed by atoms with Gasteiger partial charge in [0.15, 0.2) is 0 Å². The monoisotopic (exact) mass is 275 g/mol. The van der Waals surface area contributed by atoms with Crippen molar-refractivity contribution in [1.29, 1.82) is 0 Å². The van der Waals surface area contributed by atoms with Crippen LogP contribution in [-0.2, 0) is 16.0 Å². The van der Waals surface area contributed by atoms with Crippen molar-refractivity contribution < 1.29 is 9.53 Å². The van der Waals surface area contributed by atoms with Gasteiger partial charge in [-0.2, -0.15) is 0 Å². The molecule has 20 heavy (non-hydrogen) atoms. The molecule has 0 amide bonds. The van der Waals surface area contributed by atoms with Crippen molar-refractivity contribution in [2.75, 3.05) is 0 Å². The molecule has 1 aromatic carbocycles. The van der Waals surface area contributed by atoms with E-state index in [9.17, 15) is 4.79 Å². The molecule has 2 N–H and O–H groups in total. The smallest absolute Gasteiger partial charge is 0.323 e. The van der Waals surface area contributed by atoms with Crippen molar-refractivity contribution in [3.05, 3.63) is 35.9 Å². The van der Waals surface area contributed by atoms with Crippen LogP contribution in [0, 0.1) is 5.92 Å². The summed E-state index contributed by atoms with van der Waals surface area (Å²) in [6, 6.07) is 9.29. The van der Waals surface area contributed by atoms with E-state index in [1.54, 1.807) is 0 Å². The Kier molecular flexibility index (Phi) is 5.60. The SMILES string of the molecule is CCC1CCCC(OC(=O)[C@H](N)Cc2ccccc2)C1. The molecule has 2 rings (SSSR count). The summed E-state index contributed by atoms with van der Waals surface area (Å²) < 4.78 is 5.59. The normalized spacial score (nSPS) is 24.1. The van der Waals surface area contributed by atoms with Crippen molar-refractivity contribution >= 4 is 5.97 Å². The number of ether oxygens (including phenoxy) is 1. The zero-order valence-corrected chi connectivity index (χ0v) is 12.3. The quantitative estimate of drug-likeness (QED) is 0.840. The van der Waals surface area contributed by atoms with E-state index in [1.807, 2.05) is 30.3 Å². The fourth-order valence-corrected chi connectivity index (χ4v) is 2.92. The molecule has 0 heterocycles. The van der Waals surface area contributed by atoms with Crippen LogP contribution in [0.15, 0.2) is 30.3 Å². The van der Waals surface area contributed by atoms with Crippen LogP contribution < -0.4 is 5.73 Å². The lowest BCUT2D eigenvalue weighted by Crippen LogP contribution is -2.38. The van der Waals surface area contributed by atoms with E-state index in [4.69, 9.17) is 10.5 Å². The number of rotatable bonds is 5. The number of nitrogens with two attached hydrogens (primary N) is 1. The maximum absolute atomic E-state index is 12.1. The highest BCUT2D eigenvalue weighted by Crippen LogP contribution is 2.28. The van der Waals surface area contributed by atoms with E-state index >= 15 is 0 Å². The molecule has 1 fully saturated rings. The van der Waals surface area contributed by atoms with E-state index in [-0.39, 0.29) is 12.1 Å². The molecule has 2 unspecified atom stereocenters. The second-order valence-electron chi connectivity index (χ2n) is 5.80. The summed E-state index contributed by atoms with van der Waals surface area (Å²) in [6.07, 6.45) is 6.20. The Labute approximate surface area is 121 Å². The predicted molar refractivity (Wildman–Crippen MR) is 80.3 cm³/mol. The number of carbonyl (C=O) groups is 1. The van der Waals surface area contributed by atoms with Gasteiger partial charge in [0.1, 0.15) is 12.1 Å². The van der Waals surface area contributed by atoms with Gasteiger partial charge >= 0.3 is 5.97 Å². The average Bonchev–Trinajstić information content (AvgIpc) is 2.48. The summed E-state index contributed by atoms with van der Waals surface area (Å²) in [5.74, 6) is 0.447. The molecule has 3 atom stereocenters. The third-order valence-electron chi connectivity index (χ3n) is 4.20. The summed E-state index contributed by atoms with van der Waals surface area (Å²) >= 11 is 0. The largest absolute Gasteiger partial charge is 0.461 e. The van der Waals surface area contributed by atoms with Gasteiger partial charge in [0.2, 0.25) is 0 Å². The van der Waals surface area contributed by atoms with Gasteiger partial charge in [-0.15, -0.1) is 0 Å². The molecular formula is C17H25NO2. The van der Waals surface area contributed by atoms with Crippen LogP contribution in [0.2, 0.25) is 0 Å². The van der Waals surface area contributed by atoms with Gasteiger partial charge in [-0.25, -0.2) is 0 Å². The Morgan fingerprint density at radius 3 is 2.80 bits per heavy atom. The summed E-state index contributed by atoms with van der Waals surface area (Å²) in [6.45, 7) is 2.20. The van der Waals surface area contributed by atoms with E-state index in [0.29, 0.717) is 12.3 Å². The minimum Gasteiger partial charge on any atom is -0.461 e. The third-order valence-corrected chi connectivity index (χ3v) is 4.20. The average molecular weight is 275 g/mol. The molecule has 1 aliphatic carbocycles. The van der Waals surface area contributed by atoms with Crippen LogP contribution in [0.5, 0.6) is 0 Å². The molecule has 0 radical (unpaired) electrons. The standard InChI is InChI=1S/C17H25NO2/c1-2-13-9-6-10-15(11-13)20-17(19)16(18)12-14-7-4-3-5-8-14/h3-5,7-8,13,15-16H,2,6,9-12,18H2,1H3/t13?,15?,16-/m1/s1. The van der Waals surface area contributed by atoms with Crippen LogP contribution in [0.3, 0.4) is 0 Å². The van der Waals surface area contributed by atoms with E-state index in [1.165, 1.54) is 12.8 Å². The molecule has 0 aromatic heterocycles. The first-order valence-electron chi connectivity index (χ1n) is 7.69. The molecule has 110 valence electrons. The topological polar surface area (TPSA) is 52.3 Å². The number of hydrogen-bond acceptors (Lipinski definition) is 3. The van der Waals surface area contributed by atoms with Crippen molar-refractivity contribution in [2.45, 2.75) is 57.6 Å². The van der Waals surface area contributed by atoms with Crippen LogP contribution in [0.25, 0.3) is 0 Å². The van der Waals surface area contributed by atoms with Crippen molar-refractivity contribution in [1.82, 2.24) is 0 Å². The molecule has 0 bridgehead atoms. The van der Waals surface area contributed by atoms with Gasteiger partial charge in [0.25, 0.3) is 0 Å². The first kappa shape index (κ1) is 15.0. The highest BCUT2D eigenvalue weighted by Gasteiger charge is 2.26. The van der Waals surface area contributed by atoms with Gasteiger partial charge in [-0.3, -0.25) is 4.79 Å². The first-order valence-corrected chi connectivity index (χ1v) is 7.69. The van der Waals surface area contributed by atoms with Gasteiger partial charge in [0.05, 0.1) is 0 Å². The lowest BCUT2D eigenvalue weighted by atomic mass is 9.85. The molecule has 0 aliphatic heterocycles. The van der Waals surface area contributed by atoms with Gasteiger partial charge in [-0.1, -0.05) is 50.1 Å². The molecule has 1 saturated carbocycles. The van der Waals surface area contributed by atoms with Crippen LogP contribution in [0.1, 0.15) is 44.6 Å². The van der Waals surface area contributed by atoms with Crippen LogP contribution in [-0.4, -0.2) is 18.1 Å². The molecule has 1 aliphatic rings. The number of hydrogen-bond donors (Lipinski definition) is 1. The molecule has 1 aromatic rings. The van der Waals surface area contributed by atoms with Crippen LogP contribution in [0.4, 0.5) is 0 Å². The minimum absolute atomic E-state index is 0.0722. The first-order chi connectivity index (χ1) is 9.69. The van der Waals surface area contributed by atoms with E-state index < -0.39 is 6.04 Å². The molecule has 0 spiro atoms. The zero-order valence-electron chi connectivity index (χ0n) is 12.3. The molecule has 0 saturated heterocycles. The van der Waals surface area contributed by atoms with E-state index in [0.717, 1.165) is 24.8 Å². The maximum atomic E-state index is 12.1. The zero-order chi connectivity index (χ0) is 14.4. The number of benzene rings is 1. The van der Waals surface area contributed by atoms with Crippen LogP contribution >= 0.6 is 0 Å². The Hall–Kier alpha value is -1.35. The Bertz CT molecular complexity index is 418. The van der Waals surface area contributed by atoms with E-state index in [2.05, 4.69) is 6.92 Å².